The maximum Gasteiger partial charge on any atom is 0.265 e. The minimum absolute atomic E-state index is 0.0574. The maximum absolute atomic E-state index is 12.9. The molecule has 0 atom stereocenters. The Hall–Kier alpha value is -2.47. The SMILES string of the molecule is CC(C)N1/C(=C/c2cccnc2)C(=O)c2ccccc2S1(=O)=O. The minimum atomic E-state index is -3.76. The van der Waals surface area contributed by atoms with E-state index < -0.39 is 10.0 Å². The summed E-state index contributed by atoms with van der Waals surface area (Å²) in [5.74, 6) is -0.298. The predicted molar refractivity (Wildman–Crippen MR) is 87.1 cm³/mol. The number of nitrogens with zero attached hydrogens (tertiary/aromatic N) is 2. The van der Waals surface area contributed by atoms with Crippen LogP contribution >= 0.6 is 0 Å². The lowest BCUT2D eigenvalue weighted by Crippen LogP contribution is -2.43. The van der Waals surface area contributed by atoms with Gasteiger partial charge >= 0.3 is 0 Å². The first-order valence-electron chi connectivity index (χ1n) is 7.23. The van der Waals surface area contributed by atoms with E-state index in [2.05, 4.69) is 4.98 Å². The molecule has 1 aliphatic heterocycles. The Bertz CT molecular complexity index is 887. The predicted octanol–water partition coefficient (Wildman–Crippen LogP) is 2.72. The van der Waals surface area contributed by atoms with E-state index in [-0.39, 0.29) is 28.0 Å². The van der Waals surface area contributed by atoms with Gasteiger partial charge in [-0.05, 0) is 43.7 Å². The maximum atomic E-state index is 12.9. The van der Waals surface area contributed by atoms with Crippen LogP contribution in [0.15, 0.2) is 59.4 Å². The number of sulfonamides is 1. The van der Waals surface area contributed by atoms with E-state index in [4.69, 9.17) is 0 Å². The van der Waals surface area contributed by atoms with Gasteiger partial charge in [-0.3, -0.25) is 14.1 Å². The Morgan fingerprint density at radius 2 is 1.87 bits per heavy atom. The summed E-state index contributed by atoms with van der Waals surface area (Å²) in [4.78, 5) is 16.9. The summed E-state index contributed by atoms with van der Waals surface area (Å²) in [5.41, 5.74) is 1.03. The van der Waals surface area contributed by atoms with E-state index in [0.29, 0.717) is 5.56 Å². The van der Waals surface area contributed by atoms with Crippen molar-refractivity contribution in [2.24, 2.45) is 0 Å². The van der Waals surface area contributed by atoms with Crippen LogP contribution in [-0.2, 0) is 10.0 Å². The van der Waals surface area contributed by atoms with Gasteiger partial charge < -0.3 is 0 Å². The summed E-state index contributed by atoms with van der Waals surface area (Å²) in [6.45, 7) is 3.49. The first-order valence-corrected chi connectivity index (χ1v) is 8.67. The minimum Gasteiger partial charge on any atom is -0.287 e. The van der Waals surface area contributed by atoms with Gasteiger partial charge in [0.05, 0.1) is 4.90 Å². The average molecular weight is 328 g/mol. The van der Waals surface area contributed by atoms with Crippen LogP contribution in [0.1, 0.15) is 29.8 Å². The van der Waals surface area contributed by atoms with Crippen LogP contribution in [0.4, 0.5) is 0 Å². The smallest absolute Gasteiger partial charge is 0.265 e. The number of Topliss-reactive ketones (excluding diaryl/α,β-unsaturated/α-hetero) is 1. The number of benzene rings is 1. The fourth-order valence-electron chi connectivity index (χ4n) is 2.66. The topological polar surface area (TPSA) is 67.3 Å². The number of ketones is 1. The zero-order chi connectivity index (χ0) is 16.6. The van der Waals surface area contributed by atoms with Crippen molar-refractivity contribution >= 4 is 21.9 Å². The normalized spacial score (nSPS) is 18.3. The summed E-state index contributed by atoms with van der Waals surface area (Å²) < 4.78 is 27.0. The van der Waals surface area contributed by atoms with Crippen molar-refractivity contribution in [2.45, 2.75) is 24.8 Å². The van der Waals surface area contributed by atoms with Gasteiger partial charge in [0, 0.05) is 24.0 Å². The number of hydrogen-bond acceptors (Lipinski definition) is 4. The molecule has 6 heteroatoms. The molecule has 23 heavy (non-hydrogen) atoms. The van der Waals surface area contributed by atoms with E-state index in [1.54, 1.807) is 62.6 Å². The highest BCUT2D eigenvalue weighted by molar-refractivity contribution is 7.89. The molecule has 2 aromatic rings. The molecule has 0 bridgehead atoms. The summed E-state index contributed by atoms with van der Waals surface area (Å²) in [6, 6.07) is 9.45. The number of carbonyl (C=O) groups is 1. The van der Waals surface area contributed by atoms with Crippen LogP contribution in [0.2, 0.25) is 0 Å². The number of pyridine rings is 1. The third-order valence-electron chi connectivity index (χ3n) is 3.60. The van der Waals surface area contributed by atoms with Gasteiger partial charge in [0.25, 0.3) is 10.0 Å². The second-order valence-corrected chi connectivity index (χ2v) is 7.32. The van der Waals surface area contributed by atoms with Crippen LogP contribution in [0.3, 0.4) is 0 Å². The second kappa shape index (κ2) is 5.62. The van der Waals surface area contributed by atoms with Gasteiger partial charge in [0.1, 0.15) is 5.70 Å². The van der Waals surface area contributed by atoms with E-state index >= 15 is 0 Å². The number of hydrogen-bond donors (Lipinski definition) is 0. The van der Waals surface area contributed by atoms with Gasteiger partial charge in [-0.15, -0.1) is 0 Å². The average Bonchev–Trinajstić information content (AvgIpc) is 2.53. The number of fused-ring (bicyclic) bond motifs is 1. The molecular weight excluding hydrogens is 312 g/mol. The lowest BCUT2D eigenvalue weighted by Gasteiger charge is -2.34. The molecule has 0 N–H and O–H groups in total. The molecule has 1 aromatic carbocycles. The molecule has 0 saturated heterocycles. The summed E-state index contributed by atoms with van der Waals surface area (Å²) in [6.07, 6.45) is 4.78. The third kappa shape index (κ3) is 2.55. The van der Waals surface area contributed by atoms with Crippen molar-refractivity contribution in [1.82, 2.24) is 9.29 Å². The van der Waals surface area contributed by atoms with Gasteiger partial charge in [-0.25, -0.2) is 8.42 Å². The first-order chi connectivity index (χ1) is 10.9. The summed E-state index contributed by atoms with van der Waals surface area (Å²) in [5, 5.41) is 0. The monoisotopic (exact) mass is 328 g/mol. The van der Waals surface area contributed by atoms with Crippen LogP contribution in [0.25, 0.3) is 6.08 Å². The molecule has 0 unspecified atom stereocenters. The standard InChI is InChI=1S/C17H16N2O3S/c1-12(2)19-15(10-13-6-5-9-18-11-13)17(20)14-7-3-4-8-16(14)23(19,21)22/h3-12H,1-2H3/b15-10+. The molecule has 0 radical (unpaired) electrons. The number of rotatable bonds is 2. The fraction of sp³-hybridized carbons (Fsp3) is 0.176. The second-order valence-electron chi connectivity index (χ2n) is 5.54. The molecule has 118 valence electrons. The van der Waals surface area contributed by atoms with Crippen molar-refractivity contribution in [3.8, 4) is 0 Å². The molecule has 0 saturated carbocycles. The van der Waals surface area contributed by atoms with E-state index in [1.165, 1.54) is 10.4 Å². The van der Waals surface area contributed by atoms with E-state index in [0.717, 1.165) is 0 Å². The highest BCUT2D eigenvalue weighted by atomic mass is 32.2. The largest absolute Gasteiger partial charge is 0.287 e. The molecule has 2 heterocycles. The van der Waals surface area contributed by atoms with Crippen molar-refractivity contribution < 1.29 is 13.2 Å². The molecule has 0 spiro atoms. The number of allylic oxidation sites excluding steroid dienone is 1. The van der Waals surface area contributed by atoms with Crippen LogP contribution < -0.4 is 0 Å². The molecule has 3 rings (SSSR count). The van der Waals surface area contributed by atoms with Gasteiger partial charge in [-0.2, -0.15) is 0 Å². The zero-order valence-electron chi connectivity index (χ0n) is 12.8. The van der Waals surface area contributed by atoms with Crippen molar-refractivity contribution in [2.75, 3.05) is 0 Å². The fourth-order valence-corrected chi connectivity index (χ4v) is 4.51. The summed E-state index contributed by atoms with van der Waals surface area (Å²) >= 11 is 0. The molecule has 0 amide bonds. The first kappa shape index (κ1) is 15.4. The Balaban J connectivity index is 2.27. The van der Waals surface area contributed by atoms with Crippen LogP contribution in [0, 0.1) is 0 Å². The Morgan fingerprint density at radius 1 is 1.13 bits per heavy atom. The van der Waals surface area contributed by atoms with Gasteiger partial charge in [0.15, 0.2) is 0 Å². The number of carbonyl (C=O) groups excluding carboxylic acids is 1. The molecule has 1 aromatic heterocycles. The molecule has 5 nitrogen and oxygen atoms in total. The third-order valence-corrected chi connectivity index (χ3v) is 5.64. The Labute approximate surface area is 135 Å². The number of aromatic nitrogens is 1. The molecule has 0 fully saturated rings. The van der Waals surface area contributed by atoms with Gasteiger partial charge in [-0.1, -0.05) is 18.2 Å². The molecule has 0 aliphatic carbocycles. The van der Waals surface area contributed by atoms with E-state index in [9.17, 15) is 13.2 Å². The van der Waals surface area contributed by atoms with Crippen molar-refractivity contribution in [3.05, 3.63) is 65.6 Å². The van der Waals surface area contributed by atoms with E-state index in [1.807, 2.05) is 0 Å². The summed E-state index contributed by atoms with van der Waals surface area (Å²) in [7, 11) is -3.76. The highest BCUT2D eigenvalue weighted by Gasteiger charge is 2.40. The van der Waals surface area contributed by atoms with Crippen molar-refractivity contribution in [1.29, 1.82) is 0 Å². The van der Waals surface area contributed by atoms with Crippen molar-refractivity contribution in [3.63, 3.8) is 0 Å². The van der Waals surface area contributed by atoms with Gasteiger partial charge in [0.2, 0.25) is 5.78 Å². The lowest BCUT2D eigenvalue weighted by atomic mass is 10.1. The van der Waals surface area contributed by atoms with Crippen LogP contribution in [-0.4, -0.2) is 29.5 Å². The lowest BCUT2D eigenvalue weighted by molar-refractivity contribution is 0.0996. The zero-order valence-corrected chi connectivity index (χ0v) is 13.6. The highest BCUT2D eigenvalue weighted by Crippen LogP contribution is 2.34. The molecule has 1 aliphatic rings. The Kier molecular flexibility index (Phi) is 3.77. The quantitative estimate of drug-likeness (QED) is 0.795. The van der Waals surface area contributed by atoms with Crippen LogP contribution in [0.5, 0.6) is 0 Å². The Morgan fingerprint density at radius 3 is 2.52 bits per heavy atom. The molecular formula is C17H16N2O3S.